The van der Waals surface area contributed by atoms with Gasteiger partial charge in [0, 0.05) is 0 Å². The molecule has 0 aliphatic carbocycles. The van der Waals surface area contributed by atoms with E-state index in [0.717, 1.165) is 22.4 Å². The first-order valence-electron chi connectivity index (χ1n) is 6.25. The van der Waals surface area contributed by atoms with Crippen molar-refractivity contribution in [3.63, 3.8) is 0 Å². The van der Waals surface area contributed by atoms with Crippen molar-refractivity contribution in [1.82, 2.24) is 5.32 Å². The molecule has 1 aromatic rings. The van der Waals surface area contributed by atoms with Crippen LogP contribution in [0.15, 0.2) is 12.1 Å². The van der Waals surface area contributed by atoms with Crippen molar-refractivity contribution in [2.75, 3.05) is 27.4 Å². The molecule has 1 N–H and O–H groups in total. The van der Waals surface area contributed by atoms with E-state index in [-0.39, 0.29) is 12.6 Å². The number of halogens is 3. The van der Waals surface area contributed by atoms with Crippen LogP contribution < -0.4 is 10.1 Å². The summed E-state index contributed by atoms with van der Waals surface area (Å²) in [5, 5.41) is 2.96. The van der Waals surface area contributed by atoms with Crippen LogP contribution in [-0.2, 0) is 4.74 Å². The summed E-state index contributed by atoms with van der Waals surface area (Å²) in [6.45, 7) is 2.53. The average molecular weight is 291 g/mol. The van der Waals surface area contributed by atoms with E-state index in [4.69, 9.17) is 9.47 Å². The quantitative estimate of drug-likeness (QED) is 0.873. The highest BCUT2D eigenvalue weighted by Gasteiger charge is 2.28. The number of hydrogen-bond donors (Lipinski definition) is 1. The molecule has 0 radical (unpaired) electrons. The van der Waals surface area contributed by atoms with Crippen LogP contribution in [0, 0.1) is 13.8 Å². The van der Waals surface area contributed by atoms with Crippen LogP contribution >= 0.6 is 0 Å². The number of ether oxygens (including phenoxy) is 2. The van der Waals surface area contributed by atoms with Gasteiger partial charge in [0.2, 0.25) is 0 Å². The molecule has 1 rings (SSSR count). The lowest BCUT2D eigenvalue weighted by atomic mass is 10.0. The topological polar surface area (TPSA) is 30.5 Å². The second-order valence-electron chi connectivity index (χ2n) is 4.66. The first-order valence-corrected chi connectivity index (χ1v) is 6.25. The van der Waals surface area contributed by atoms with Crippen molar-refractivity contribution in [3.8, 4) is 5.75 Å². The fourth-order valence-electron chi connectivity index (χ4n) is 2.15. The summed E-state index contributed by atoms with van der Waals surface area (Å²) < 4.78 is 46.2. The Balaban J connectivity index is 2.80. The van der Waals surface area contributed by atoms with Crippen LogP contribution in [0.4, 0.5) is 13.2 Å². The van der Waals surface area contributed by atoms with Gasteiger partial charge in [-0.05, 0) is 37.6 Å². The predicted octanol–water partition coefficient (Wildman–Crippen LogP) is 3.15. The van der Waals surface area contributed by atoms with Crippen molar-refractivity contribution < 1.29 is 22.6 Å². The van der Waals surface area contributed by atoms with E-state index in [1.165, 1.54) is 0 Å². The summed E-state index contributed by atoms with van der Waals surface area (Å²) in [6.07, 6.45) is -4.30. The maximum Gasteiger partial charge on any atom is 0.411 e. The largest absolute Gasteiger partial charge is 0.496 e. The van der Waals surface area contributed by atoms with Gasteiger partial charge in [-0.2, -0.15) is 13.2 Å². The third kappa shape index (κ3) is 4.68. The van der Waals surface area contributed by atoms with E-state index >= 15 is 0 Å². The lowest BCUT2D eigenvalue weighted by Gasteiger charge is -2.20. The molecule has 1 aromatic carbocycles. The molecule has 0 aromatic heterocycles. The maximum atomic E-state index is 12.1. The predicted molar refractivity (Wildman–Crippen MR) is 71.1 cm³/mol. The minimum Gasteiger partial charge on any atom is -0.496 e. The molecule has 1 unspecified atom stereocenters. The van der Waals surface area contributed by atoms with E-state index in [1.54, 1.807) is 14.2 Å². The second kappa shape index (κ2) is 6.95. The van der Waals surface area contributed by atoms with Crippen LogP contribution in [0.5, 0.6) is 5.75 Å². The van der Waals surface area contributed by atoms with Crippen LogP contribution in [0.25, 0.3) is 0 Å². The molecule has 0 aliphatic rings. The third-order valence-electron chi connectivity index (χ3n) is 2.99. The summed E-state index contributed by atoms with van der Waals surface area (Å²) in [5.74, 6) is 0.791. The molecule has 0 saturated heterocycles. The highest BCUT2D eigenvalue weighted by Crippen LogP contribution is 2.27. The van der Waals surface area contributed by atoms with Crippen molar-refractivity contribution >= 4 is 0 Å². The summed E-state index contributed by atoms with van der Waals surface area (Å²) in [6, 6.07) is 3.49. The zero-order valence-electron chi connectivity index (χ0n) is 12.1. The normalized spacial score (nSPS) is 13.3. The molecule has 0 spiro atoms. The smallest absolute Gasteiger partial charge is 0.411 e. The third-order valence-corrected chi connectivity index (χ3v) is 2.99. The highest BCUT2D eigenvalue weighted by atomic mass is 19.4. The number of nitrogens with one attached hydrogen (secondary N) is 1. The standard InChI is InChI=1S/C14H20F3NO2/c1-9-5-11(6-10(2)13(9)19-4)12(18-3)7-20-8-14(15,16)17/h5-6,12,18H,7-8H2,1-4H3. The van der Waals surface area contributed by atoms with Gasteiger partial charge in [-0.1, -0.05) is 12.1 Å². The molecule has 0 amide bonds. The Morgan fingerprint density at radius 3 is 2.15 bits per heavy atom. The molecule has 20 heavy (non-hydrogen) atoms. The molecule has 3 nitrogen and oxygen atoms in total. The van der Waals surface area contributed by atoms with Crippen molar-refractivity contribution in [2.24, 2.45) is 0 Å². The Kier molecular flexibility index (Phi) is 5.83. The minimum absolute atomic E-state index is 0.0405. The molecular formula is C14H20F3NO2. The van der Waals surface area contributed by atoms with Gasteiger partial charge >= 0.3 is 6.18 Å². The SMILES string of the molecule is CNC(COCC(F)(F)F)c1cc(C)c(OC)c(C)c1. The molecule has 6 heteroatoms. The van der Waals surface area contributed by atoms with Gasteiger partial charge in [-0.15, -0.1) is 0 Å². The maximum absolute atomic E-state index is 12.1. The van der Waals surface area contributed by atoms with Gasteiger partial charge in [0.05, 0.1) is 19.8 Å². The number of likely N-dealkylation sites (N-methyl/N-ethyl adjacent to an activating group) is 1. The van der Waals surface area contributed by atoms with E-state index < -0.39 is 12.8 Å². The number of aryl methyl sites for hydroxylation is 2. The fraction of sp³-hybridized carbons (Fsp3) is 0.571. The fourth-order valence-corrected chi connectivity index (χ4v) is 2.15. The lowest BCUT2D eigenvalue weighted by molar-refractivity contribution is -0.175. The number of methoxy groups -OCH3 is 1. The van der Waals surface area contributed by atoms with Gasteiger partial charge in [-0.3, -0.25) is 0 Å². The molecule has 114 valence electrons. The summed E-state index contributed by atoms with van der Waals surface area (Å²) in [4.78, 5) is 0. The zero-order valence-corrected chi connectivity index (χ0v) is 12.1. The van der Waals surface area contributed by atoms with Gasteiger partial charge in [0.15, 0.2) is 0 Å². The van der Waals surface area contributed by atoms with Gasteiger partial charge in [0.1, 0.15) is 12.4 Å². The van der Waals surface area contributed by atoms with Gasteiger partial charge in [0.25, 0.3) is 0 Å². The Morgan fingerprint density at radius 1 is 1.20 bits per heavy atom. The zero-order chi connectivity index (χ0) is 15.3. The monoisotopic (exact) mass is 291 g/mol. The number of benzene rings is 1. The van der Waals surface area contributed by atoms with Crippen molar-refractivity contribution in [1.29, 1.82) is 0 Å². The molecule has 1 atom stereocenters. The van der Waals surface area contributed by atoms with Crippen LogP contribution in [0.2, 0.25) is 0 Å². The molecule has 0 bridgehead atoms. The van der Waals surface area contributed by atoms with Crippen LogP contribution in [-0.4, -0.2) is 33.5 Å². The lowest BCUT2D eigenvalue weighted by Crippen LogP contribution is -2.25. The summed E-state index contributed by atoms with van der Waals surface area (Å²) >= 11 is 0. The van der Waals surface area contributed by atoms with E-state index in [2.05, 4.69) is 5.32 Å². The Morgan fingerprint density at radius 2 is 1.75 bits per heavy atom. The van der Waals surface area contributed by atoms with E-state index in [9.17, 15) is 13.2 Å². The van der Waals surface area contributed by atoms with Gasteiger partial charge in [-0.25, -0.2) is 0 Å². The molecular weight excluding hydrogens is 271 g/mol. The first-order chi connectivity index (χ1) is 9.28. The molecule has 0 saturated carbocycles. The second-order valence-corrected chi connectivity index (χ2v) is 4.66. The molecule has 0 fully saturated rings. The Labute approximate surface area is 117 Å². The minimum atomic E-state index is -4.30. The Hall–Kier alpha value is -1.27. The molecule has 0 aliphatic heterocycles. The van der Waals surface area contributed by atoms with Crippen LogP contribution in [0.3, 0.4) is 0 Å². The van der Waals surface area contributed by atoms with Crippen LogP contribution in [0.1, 0.15) is 22.7 Å². The first kappa shape index (κ1) is 16.8. The molecule has 0 heterocycles. The summed E-state index contributed by atoms with van der Waals surface area (Å²) in [5.41, 5.74) is 2.77. The number of rotatable bonds is 6. The Bertz CT molecular complexity index is 424. The van der Waals surface area contributed by atoms with Gasteiger partial charge < -0.3 is 14.8 Å². The van der Waals surface area contributed by atoms with Crippen molar-refractivity contribution in [2.45, 2.75) is 26.1 Å². The van der Waals surface area contributed by atoms with E-state index in [1.807, 2.05) is 26.0 Å². The number of hydrogen-bond acceptors (Lipinski definition) is 3. The highest BCUT2D eigenvalue weighted by molar-refractivity contribution is 5.44. The summed E-state index contributed by atoms with van der Waals surface area (Å²) in [7, 11) is 3.29. The van der Waals surface area contributed by atoms with Crippen molar-refractivity contribution in [3.05, 3.63) is 28.8 Å². The van der Waals surface area contributed by atoms with E-state index in [0.29, 0.717) is 0 Å². The number of alkyl halides is 3. The average Bonchev–Trinajstić information content (AvgIpc) is 2.33.